The van der Waals surface area contributed by atoms with Crippen LogP contribution in [0.3, 0.4) is 0 Å². The van der Waals surface area contributed by atoms with E-state index in [0.29, 0.717) is 10.4 Å². The van der Waals surface area contributed by atoms with Crippen molar-refractivity contribution in [1.29, 1.82) is 0 Å². The van der Waals surface area contributed by atoms with Crippen molar-refractivity contribution in [2.45, 2.75) is 0 Å². The number of rotatable bonds is 3. The second kappa shape index (κ2) is 5.07. The number of carbonyl (C=O) groups is 2. The molecule has 2 rings (SSSR count). The van der Waals surface area contributed by atoms with Crippen LogP contribution >= 0.6 is 11.3 Å². The van der Waals surface area contributed by atoms with E-state index >= 15 is 0 Å². The topological polar surface area (TPSA) is 98.2 Å². The number of benzene rings is 1. The molecule has 0 saturated carbocycles. The Kier molecular flexibility index (Phi) is 3.48. The first-order valence-corrected chi connectivity index (χ1v) is 6.05. The molecular formula is C12H10FN3O2S. The summed E-state index contributed by atoms with van der Waals surface area (Å²) in [7, 11) is 0. The maximum Gasteiger partial charge on any atom is 0.316 e. The molecule has 19 heavy (non-hydrogen) atoms. The van der Waals surface area contributed by atoms with E-state index in [1.165, 1.54) is 12.1 Å². The van der Waals surface area contributed by atoms with Gasteiger partial charge in [0.25, 0.3) is 5.91 Å². The fourth-order valence-electron chi connectivity index (χ4n) is 1.56. The first-order chi connectivity index (χ1) is 8.97. The number of nitrogens with two attached hydrogens (primary N) is 2. The van der Waals surface area contributed by atoms with Crippen molar-refractivity contribution in [3.05, 3.63) is 41.0 Å². The molecule has 1 aromatic carbocycles. The number of hydrogen-bond donors (Lipinski definition) is 3. The van der Waals surface area contributed by atoms with Crippen LogP contribution in [0.2, 0.25) is 0 Å². The molecule has 0 aliphatic rings. The number of hydrogen-bond acceptors (Lipinski definition) is 3. The monoisotopic (exact) mass is 279 g/mol. The predicted molar refractivity (Wildman–Crippen MR) is 71.4 cm³/mol. The Hall–Kier alpha value is -2.41. The molecule has 0 aliphatic heterocycles. The molecule has 7 heteroatoms. The highest BCUT2D eigenvalue weighted by molar-refractivity contribution is 7.18. The van der Waals surface area contributed by atoms with Gasteiger partial charge in [-0.05, 0) is 23.8 Å². The Morgan fingerprint density at radius 1 is 1.16 bits per heavy atom. The fourth-order valence-corrected chi connectivity index (χ4v) is 2.53. The van der Waals surface area contributed by atoms with E-state index < -0.39 is 11.9 Å². The molecule has 98 valence electrons. The lowest BCUT2D eigenvalue weighted by Crippen LogP contribution is -2.21. The van der Waals surface area contributed by atoms with Crippen LogP contribution in [-0.4, -0.2) is 11.9 Å². The number of carbonyl (C=O) groups excluding carboxylic acids is 2. The van der Waals surface area contributed by atoms with Crippen molar-refractivity contribution in [2.75, 3.05) is 5.32 Å². The second-order valence-corrected chi connectivity index (χ2v) is 4.77. The van der Waals surface area contributed by atoms with Gasteiger partial charge in [-0.2, -0.15) is 0 Å². The minimum atomic E-state index is -0.786. The number of anilines is 1. The Bertz CT molecular complexity index is 637. The smallest absolute Gasteiger partial charge is 0.316 e. The van der Waals surface area contributed by atoms with E-state index in [1.54, 1.807) is 18.2 Å². The van der Waals surface area contributed by atoms with E-state index in [9.17, 15) is 14.0 Å². The largest absolute Gasteiger partial charge is 0.365 e. The summed E-state index contributed by atoms with van der Waals surface area (Å²) < 4.78 is 12.8. The lowest BCUT2D eigenvalue weighted by molar-refractivity contribution is 0.100. The molecule has 0 aliphatic carbocycles. The highest BCUT2D eigenvalue weighted by atomic mass is 32.1. The predicted octanol–water partition coefficient (Wildman–Crippen LogP) is 2.14. The zero-order valence-corrected chi connectivity index (χ0v) is 10.5. The lowest BCUT2D eigenvalue weighted by Gasteiger charge is -1.99. The average Bonchev–Trinajstić information content (AvgIpc) is 2.73. The van der Waals surface area contributed by atoms with Crippen LogP contribution in [0.1, 0.15) is 9.67 Å². The van der Waals surface area contributed by atoms with Gasteiger partial charge in [-0.25, -0.2) is 9.18 Å². The summed E-state index contributed by atoms with van der Waals surface area (Å²) in [6.07, 6.45) is 0. The van der Waals surface area contributed by atoms with Crippen molar-refractivity contribution < 1.29 is 14.0 Å². The maximum atomic E-state index is 12.8. The molecule has 1 heterocycles. The Morgan fingerprint density at radius 3 is 2.32 bits per heavy atom. The van der Waals surface area contributed by atoms with Crippen LogP contribution < -0.4 is 16.8 Å². The van der Waals surface area contributed by atoms with E-state index in [-0.39, 0.29) is 16.4 Å². The van der Waals surface area contributed by atoms with Crippen molar-refractivity contribution in [3.8, 4) is 10.4 Å². The van der Waals surface area contributed by atoms with Crippen LogP contribution in [0.5, 0.6) is 0 Å². The molecule has 0 bridgehead atoms. The summed E-state index contributed by atoms with van der Waals surface area (Å²) in [6.45, 7) is 0. The van der Waals surface area contributed by atoms with Gasteiger partial charge in [0.05, 0.1) is 5.69 Å². The van der Waals surface area contributed by atoms with Gasteiger partial charge in [-0.1, -0.05) is 12.1 Å². The third-order valence-corrected chi connectivity index (χ3v) is 3.54. The highest BCUT2D eigenvalue weighted by Crippen LogP contribution is 2.34. The third-order valence-electron chi connectivity index (χ3n) is 2.34. The average molecular weight is 279 g/mol. The number of nitrogens with one attached hydrogen (secondary N) is 1. The molecule has 0 unspecified atom stereocenters. The number of primary amides is 2. The van der Waals surface area contributed by atoms with Crippen LogP contribution in [0.25, 0.3) is 10.4 Å². The van der Waals surface area contributed by atoms with E-state index in [1.807, 2.05) is 0 Å². The summed E-state index contributed by atoms with van der Waals surface area (Å²) in [5, 5.41) is 2.33. The Balaban J connectivity index is 2.45. The van der Waals surface area contributed by atoms with Gasteiger partial charge in [-0.15, -0.1) is 11.3 Å². The second-order valence-electron chi connectivity index (χ2n) is 3.71. The van der Waals surface area contributed by atoms with Crippen LogP contribution in [0, 0.1) is 5.82 Å². The standard InChI is InChI=1S/C12H10FN3O2S/c13-7-3-1-6(2-4-7)9-5-8(16-12(15)18)10(19-9)11(14)17/h1-5H,(H2,14,17)(H3,15,16,18). The number of amides is 3. The normalized spacial score (nSPS) is 10.2. The quantitative estimate of drug-likeness (QED) is 0.802. The van der Waals surface area contributed by atoms with Crippen LogP contribution in [-0.2, 0) is 0 Å². The molecule has 5 N–H and O–H groups in total. The van der Waals surface area contributed by atoms with Gasteiger partial charge in [0.15, 0.2) is 0 Å². The number of halogens is 1. The summed E-state index contributed by atoms with van der Waals surface area (Å²) in [6, 6.07) is 6.54. The van der Waals surface area contributed by atoms with E-state index in [0.717, 1.165) is 11.3 Å². The van der Waals surface area contributed by atoms with Crippen molar-refractivity contribution in [3.63, 3.8) is 0 Å². The number of thiophene rings is 1. The zero-order valence-electron chi connectivity index (χ0n) is 9.64. The van der Waals surface area contributed by atoms with Gasteiger partial charge >= 0.3 is 6.03 Å². The summed E-state index contributed by atoms with van der Waals surface area (Å²) in [5.74, 6) is -1.02. The third kappa shape index (κ3) is 2.89. The van der Waals surface area contributed by atoms with E-state index in [2.05, 4.69) is 5.32 Å². The molecule has 2 aromatic rings. The molecule has 0 spiro atoms. The molecule has 3 amide bonds. The molecule has 0 saturated heterocycles. The van der Waals surface area contributed by atoms with Crippen molar-refractivity contribution in [2.24, 2.45) is 11.5 Å². The van der Waals surface area contributed by atoms with Gasteiger partial charge in [0.2, 0.25) is 0 Å². The molecule has 1 aromatic heterocycles. The minimum Gasteiger partial charge on any atom is -0.365 e. The Labute approximate surface area is 112 Å². The minimum absolute atomic E-state index is 0.193. The fraction of sp³-hybridized carbons (Fsp3) is 0. The first kappa shape index (κ1) is 13.0. The van der Waals surface area contributed by atoms with Gasteiger partial charge in [-0.3, -0.25) is 4.79 Å². The highest BCUT2D eigenvalue weighted by Gasteiger charge is 2.15. The molecule has 0 atom stereocenters. The molecule has 5 nitrogen and oxygen atoms in total. The van der Waals surface area contributed by atoms with E-state index in [4.69, 9.17) is 11.5 Å². The molecule has 0 fully saturated rings. The lowest BCUT2D eigenvalue weighted by atomic mass is 10.2. The first-order valence-electron chi connectivity index (χ1n) is 5.23. The number of urea groups is 1. The van der Waals surface area contributed by atoms with Gasteiger partial charge in [0.1, 0.15) is 10.7 Å². The molecule has 0 radical (unpaired) electrons. The van der Waals surface area contributed by atoms with Crippen LogP contribution in [0.15, 0.2) is 30.3 Å². The van der Waals surface area contributed by atoms with Gasteiger partial charge in [0, 0.05) is 4.88 Å². The van der Waals surface area contributed by atoms with Crippen molar-refractivity contribution >= 4 is 29.0 Å². The SMILES string of the molecule is NC(=O)Nc1cc(-c2ccc(F)cc2)sc1C(N)=O. The van der Waals surface area contributed by atoms with Gasteiger partial charge < -0.3 is 16.8 Å². The molecular weight excluding hydrogens is 269 g/mol. The Morgan fingerprint density at radius 2 is 1.79 bits per heavy atom. The summed E-state index contributed by atoms with van der Waals surface area (Å²) >= 11 is 1.10. The summed E-state index contributed by atoms with van der Waals surface area (Å²) in [5.41, 5.74) is 11.2. The zero-order chi connectivity index (χ0) is 14.0. The maximum absolute atomic E-state index is 12.8. The van der Waals surface area contributed by atoms with Crippen molar-refractivity contribution in [1.82, 2.24) is 0 Å². The van der Waals surface area contributed by atoms with Crippen LogP contribution in [0.4, 0.5) is 14.9 Å². The summed E-state index contributed by atoms with van der Waals surface area (Å²) in [4.78, 5) is 23.0.